The van der Waals surface area contributed by atoms with Gasteiger partial charge in [0.2, 0.25) is 0 Å². The number of aryl methyl sites for hydroxylation is 1. The van der Waals surface area contributed by atoms with Crippen molar-refractivity contribution < 1.29 is 0 Å². The lowest BCUT2D eigenvalue weighted by Crippen LogP contribution is -2.19. The molecule has 0 bridgehead atoms. The number of aromatic nitrogens is 2. The number of nitrogens with zero attached hydrogens (tertiary/aromatic N) is 2. The molecule has 3 nitrogen and oxygen atoms in total. The van der Waals surface area contributed by atoms with Crippen LogP contribution in [0.3, 0.4) is 0 Å². The van der Waals surface area contributed by atoms with Crippen molar-refractivity contribution in [1.29, 1.82) is 0 Å². The molecule has 0 amide bonds. The van der Waals surface area contributed by atoms with Crippen LogP contribution in [0.4, 0.5) is 0 Å². The molecule has 2 heterocycles. The normalized spacial score (nSPS) is 12.9. The van der Waals surface area contributed by atoms with E-state index in [1.165, 1.54) is 15.0 Å². The molecule has 2 aromatic heterocycles. The van der Waals surface area contributed by atoms with E-state index < -0.39 is 0 Å². The van der Waals surface area contributed by atoms with Crippen LogP contribution in [-0.2, 0) is 13.0 Å². The average molecular weight is 285 g/mol. The predicted molar refractivity (Wildman–Crippen MR) is 85.2 cm³/mol. The maximum absolute atomic E-state index is 4.48. The molecule has 0 aliphatic rings. The van der Waals surface area contributed by atoms with Gasteiger partial charge in [-0.05, 0) is 31.5 Å². The molecule has 1 N–H and O–H groups in total. The maximum atomic E-state index is 4.48. The molecule has 3 rings (SSSR count). The zero-order valence-corrected chi connectivity index (χ0v) is 12.7. The van der Waals surface area contributed by atoms with Crippen molar-refractivity contribution in [1.82, 2.24) is 14.9 Å². The van der Waals surface area contributed by atoms with Crippen LogP contribution in [0.15, 0.2) is 42.7 Å². The van der Waals surface area contributed by atoms with Crippen molar-refractivity contribution in [2.24, 2.45) is 0 Å². The molecule has 0 saturated heterocycles. The van der Waals surface area contributed by atoms with E-state index in [1.807, 2.05) is 30.8 Å². The summed E-state index contributed by atoms with van der Waals surface area (Å²) in [7, 11) is 2.02. The third-order valence-corrected chi connectivity index (χ3v) is 4.90. The molecule has 0 spiro atoms. The SMILES string of the molecule is CCn1ccnc1CC(NC)c1cc2ccccc2s1. The van der Waals surface area contributed by atoms with E-state index in [0.29, 0.717) is 6.04 Å². The number of rotatable bonds is 5. The Kier molecular flexibility index (Phi) is 3.85. The summed E-state index contributed by atoms with van der Waals surface area (Å²) < 4.78 is 3.55. The molecular weight excluding hydrogens is 266 g/mol. The number of thiophene rings is 1. The first-order chi connectivity index (χ1) is 9.81. The van der Waals surface area contributed by atoms with E-state index in [9.17, 15) is 0 Å². The Labute approximate surface area is 123 Å². The second kappa shape index (κ2) is 5.77. The third-order valence-electron chi connectivity index (χ3n) is 3.67. The summed E-state index contributed by atoms with van der Waals surface area (Å²) in [6.07, 6.45) is 4.85. The lowest BCUT2D eigenvalue weighted by Gasteiger charge is -2.14. The first-order valence-corrected chi connectivity index (χ1v) is 7.79. The second-order valence-corrected chi connectivity index (χ2v) is 5.98. The van der Waals surface area contributed by atoms with Gasteiger partial charge in [0.05, 0.1) is 0 Å². The number of hydrogen-bond donors (Lipinski definition) is 1. The summed E-state index contributed by atoms with van der Waals surface area (Å²) in [6.45, 7) is 3.12. The first kappa shape index (κ1) is 13.3. The second-order valence-electron chi connectivity index (χ2n) is 4.86. The van der Waals surface area contributed by atoms with Gasteiger partial charge in [0.1, 0.15) is 5.82 Å². The van der Waals surface area contributed by atoms with E-state index in [2.05, 4.69) is 52.1 Å². The number of nitrogens with one attached hydrogen (secondary N) is 1. The van der Waals surface area contributed by atoms with E-state index in [4.69, 9.17) is 0 Å². The Balaban J connectivity index is 1.89. The van der Waals surface area contributed by atoms with Gasteiger partial charge in [-0.2, -0.15) is 0 Å². The number of imidazole rings is 1. The minimum atomic E-state index is 0.320. The number of fused-ring (bicyclic) bond motifs is 1. The fraction of sp³-hybridized carbons (Fsp3) is 0.312. The van der Waals surface area contributed by atoms with E-state index in [0.717, 1.165) is 18.8 Å². The fourth-order valence-electron chi connectivity index (χ4n) is 2.52. The van der Waals surface area contributed by atoms with Gasteiger partial charge in [0.25, 0.3) is 0 Å². The van der Waals surface area contributed by atoms with Crippen LogP contribution < -0.4 is 5.32 Å². The number of likely N-dealkylation sites (N-methyl/N-ethyl adjacent to an activating group) is 1. The Morgan fingerprint density at radius 3 is 2.95 bits per heavy atom. The van der Waals surface area contributed by atoms with Gasteiger partial charge in [-0.15, -0.1) is 11.3 Å². The maximum Gasteiger partial charge on any atom is 0.110 e. The molecule has 104 valence electrons. The third kappa shape index (κ3) is 2.49. The van der Waals surface area contributed by atoms with Crippen LogP contribution in [-0.4, -0.2) is 16.6 Å². The quantitative estimate of drug-likeness (QED) is 0.776. The van der Waals surface area contributed by atoms with E-state index in [-0.39, 0.29) is 0 Å². The molecule has 0 aliphatic carbocycles. The molecule has 4 heteroatoms. The van der Waals surface area contributed by atoms with Gasteiger partial charge < -0.3 is 9.88 Å². The van der Waals surface area contributed by atoms with Crippen LogP contribution in [0, 0.1) is 0 Å². The van der Waals surface area contributed by atoms with Crippen molar-refractivity contribution in [3.05, 3.63) is 53.4 Å². The summed E-state index contributed by atoms with van der Waals surface area (Å²) >= 11 is 1.87. The molecule has 1 aromatic carbocycles. The molecule has 1 unspecified atom stereocenters. The molecule has 0 fully saturated rings. The van der Waals surface area contributed by atoms with Crippen LogP contribution in [0.5, 0.6) is 0 Å². The molecule has 0 saturated carbocycles. The molecule has 20 heavy (non-hydrogen) atoms. The highest BCUT2D eigenvalue weighted by Crippen LogP contribution is 2.31. The zero-order valence-electron chi connectivity index (χ0n) is 11.8. The van der Waals surface area contributed by atoms with Gasteiger partial charge >= 0.3 is 0 Å². The highest BCUT2D eigenvalue weighted by molar-refractivity contribution is 7.19. The van der Waals surface area contributed by atoms with Crippen LogP contribution in [0.1, 0.15) is 23.7 Å². The molecule has 0 aliphatic heterocycles. The van der Waals surface area contributed by atoms with Gasteiger partial charge in [0, 0.05) is 41.0 Å². The summed E-state index contributed by atoms with van der Waals surface area (Å²) in [5, 5.41) is 4.75. The largest absolute Gasteiger partial charge is 0.335 e. The first-order valence-electron chi connectivity index (χ1n) is 6.97. The number of benzene rings is 1. The van der Waals surface area contributed by atoms with Gasteiger partial charge in [-0.1, -0.05) is 18.2 Å². The van der Waals surface area contributed by atoms with E-state index in [1.54, 1.807) is 0 Å². The predicted octanol–water partition coefficient (Wildman–Crippen LogP) is 3.62. The van der Waals surface area contributed by atoms with Crippen LogP contribution in [0.25, 0.3) is 10.1 Å². The van der Waals surface area contributed by atoms with Gasteiger partial charge in [0.15, 0.2) is 0 Å². The van der Waals surface area contributed by atoms with Crippen molar-refractivity contribution in [2.45, 2.75) is 25.9 Å². The summed E-state index contributed by atoms with van der Waals surface area (Å²) in [6, 6.07) is 11.2. The van der Waals surface area contributed by atoms with Gasteiger partial charge in [-0.3, -0.25) is 0 Å². The van der Waals surface area contributed by atoms with Crippen molar-refractivity contribution >= 4 is 21.4 Å². The monoisotopic (exact) mass is 285 g/mol. The smallest absolute Gasteiger partial charge is 0.110 e. The Bertz CT molecular complexity index is 665. The fourth-order valence-corrected chi connectivity index (χ4v) is 3.69. The van der Waals surface area contributed by atoms with E-state index >= 15 is 0 Å². The topological polar surface area (TPSA) is 29.9 Å². The lowest BCUT2D eigenvalue weighted by atomic mass is 10.1. The average Bonchev–Trinajstić information content (AvgIpc) is 3.10. The van der Waals surface area contributed by atoms with Crippen molar-refractivity contribution in [3.63, 3.8) is 0 Å². The Morgan fingerprint density at radius 1 is 1.35 bits per heavy atom. The minimum absolute atomic E-state index is 0.320. The minimum Gasteiger partial charge on any atom is -0.335 e. The lowest BCUT2D eigenvalue weighted by molar-refractivity contribution is 0.560. The van der Waals surface area contributed by atoms with Crippen molar-refractivity contribution in [3.8, 4) is 0 Å². The zero-order chi connectivity index (χ0) is 13.9. The van der Waals surface area contributed by atoms with Crippen LogP contribution in [0.2, 0.25) is 0 Å². The Morgan fingerprint density at radius 2 is 2.20 bits per heavy atom. The Hall–Kier alpha value is -1.65. The number of hydrogen-bond acceptors (Lipinski definition) is 3. The van der Waals surface area contributed by atoms with Gasteiger partial charge in [-0.25, -0.2) is 4.98 Å². The summed E-state index contributed by atoms with van der Waals surface area (Å²) in [5.74, 6) is 1.14. The standard InChI is InChI=1S/C16H19N3S/c1-3-19-9-8-18-16(19)11-13(17-2)15-10-12-6-4-5-7-14(12)20-15/h4-10,13,17H,3,11H2,1-2H3. The molecule has 1 atom stereocenters. The highest BCUT2D eigenvalue weighted by Gasteiger charge is 2.15. The van der Waals surface area contributed by atoms with Crippen LogP contribution >= 0.6 is 11.3 Å². The molecule has 0 radical (unpaired) electrons. The molecular formula is C16H19N3S. The molecule has 3 aromatic rings. The highest BCUT2D eigenvalue weighted by atomic mass is 32.1. The van der Waals surface area contributed by atoms with Crippen molar-refractivity contribution in [2.75, 3.05) is 7.05 Å². The summed E-state index contributed by atoms with van der Waals surface area (Å²) in [4.78, 5) is 5.86. The summed E-state index contributed by atoms with van der Waals surface area (Å²) in [5.41, 5.74) is 0.